The first-order valence-electron chi connectivity index (χ1n) is 14.9. The van der Waals surface area contributed by atoms with Crippen LogP contribution in [0, 0.1) is 11.8 Å². The van der Waals surface area contributed by atoms with Crippen LogP contribution in [0.4, 0.5) is 5.69 Å². The molecule has 6 atom stereocenters. The number of fused-ring (bicyclic) bond motifs is 2. The number of aliphatic hydroxyl groups is 1. The van der Waals surface area contributed by atoms with Gasteiger partial charge in [0.25, 0.3) is 5.91 Å². The third-order valence-corrected chi connectivity index (χ3v) is 9.51. The van der Waals surface area contributed by atoms with Crippen molar-refractivity contribution in [3.05, 3.63) is 82.9 Å². The number of allylic oxidation sites excluding steroid dienone is 1. The number of hydrogen-bond acceptors (Lipinski definition) is 8. The maximum absolute atomic E-state index is 14.7. The lowest BCUT2D eigenvalue weighted by Gasteiger charge is -2.35. The molecule has 45 heavy (non-hydrogen) atoms. The largest absolute Gasteiger partial charge is 0.497 e. The van der Waals surface area contributed by atoms with Crippen LogP contribution in [-0.2, 0) is 28.7 Å². The first kappa shape index (κ1) is 31.0. The molecule has 0 saturated carbocycles. The van der Waals surface area contributed by atoms with Crippen LogP contribution in [0.3, 0.4) is 0 Å². The highest BCUT2D eigenvalue weighted by molar-refractivity contribution is 9.11. The summed E-state index contributed by atoms with van der Waals surface area (Å²) in [7, 11) is 1.55. The van der Waals surface area contributed by atoms with Crippen molar-refractivity contribution < 1.29 is 38.5 Å². The molecule has 1 spiro atoms. The van der Waals surface area contributed by atoms with E-state index in [4.69, 9.17) is 14.2 Å². The number of rotatable bonds is 5. The summed E-state index contributed by atoms with van der Waals surface area (Å²) in [6, 6.07) is 14.8. The molecule has 2 fully saturated rings. The van der Waals surface area contributed by atoms with E-state index in [0.29, 0.717) is 27.9 Å². The van der Waals surface area contributed by atoms with Crippen molar-refractivity contribution in [2.45, 2.75) is 36.7 Å². The number of halogens is 1. The number of nitrogens with zero attached hydrogens (tertiary/aromatic N) is 2. The highest BCUT2D eigenvalue weighted by atomic mass is 79.9. The van der Waals surface area contributed by atoms with Crippen LogP contribution in [0.15, 0.2) is 77.3 Å². The van der Waals surface area contributed by atoms with E-state index in [9.17, 15) is 24.3 Å². The quantitative estimate of drug-likeness (QED) is 0.364. The molecule has 4 aliphatic rings. The van der Waals surface area contributed by atoms with Crippen molar-refractivity contribution in [3.8, 4) is 5.75 Å². The molecule has 12 heteroatoms. The highest BCUT2D eigenvalue weighted by Crippen LogP contribution is 2.59. The number of likely N-dealkylation sites (tertiary alicyclic amines) is 1. The van der Waals surface area contributed by atoms with Crippen LogP contribution < -0.4 is 15.0 Å². The minimum Gasteiger partial charge on any atom is -0.497 e. The second-order valence-electron chi connectivity index (χ2n) is 11.4. The molecule has 5 bridgehead atoms. The second-order valence-corrected chi connectivity index (χ2v) is 12.3. The fourth-order valence-corrected chi connectivity index (χ4v) is 7.50. The summed E-state index contributed by atoms with van der Waals surface area (Å²) in [5.74, 6) is -3.33. The molecular formula is C33H34BrN3O8. The third kappa shape index (κ3) is 5.55. The number of amides is 3. The van der Waals surface area contributed by atoms with E-state index in [1.807, 2.05) is 24.3 Å². The number of hydrogen-bond donors (Lipinski definition) is 2. The number of β-amino-alcohol motifs (C(OH)–C–C–N with tert-alkyl or cyclic N) is 1. The standard InChI is InChI=1S/C33H34BrN3O8/c1-43-22-13-11-21(12-14-22)36-15-7-3-6-10-25(39)35-19-24(20-8-4-2-5-9-20)44-32(42)26-27-30(40)37(16-17-38)29(31(36)41)33(27)18-23(34)28(26)45-33/h2-5,7-9,11-14,18,24,26-29,38H,6,10,15-17,19H2,1H3,(H,35,39)/b7-3-/t24-,26-,27+,28-,29-,33+/m1/s1. The minimum absolute atomic E-state index is 0.0420. The number of anilines is 1. The topological polar surface area (TPSA) is 135 Å². The Bertz CT molecular complexity index is 1530. The van der Waals surface area contributed by atoms with Crippen molar-refractivity contribution in [1.29, 1.82) is 0 Å². The average Bonchev–Trinajstić information content (AvgIpc) is 3.64. The number of esters is 1. The Kier molecular flexibility index (Phi) is 8.80. The number of methoxy groups -OCH3 is 1. The Balaban J connectivity index is 1.44. The van der Waals surface area contributed by atoms with Gasteiger partial charge in [0.05, 0.1) is 26.2 Å². The first-order valence-corrected chi connectivity index (χ1v) is 15.7. The molecule has 2 aromatic rings. The maximum Gasteiger partial charge on any atom is 0.313 e. The van der Waals surface area contributed by atoms with Gasteiger partial charge < -0.3 is 34.4 Å². The lowest BCUT2D eigenvalue weighted by Crippen LogP contribution is -2.56. The minimum atomic E-state index is -1.48. The molecule has 3 amide bonds. The lowest BCUT2D eigenvalue weighted by atomic mass is 9.74. The van der Waals surface area contributed by atoms with E-state index >= 15 is 0 Å². The molecule has 236 valence electrons. The van der Waals surface area contributed by atoms with Gasteiger partial charge in [-0.25, -0.2) is 0 Å². The monoisotopic (exact) mass is 679 g/mol. The number of benzene rings is 2. The normalized spacial score (nSPS) is 30.9. The van der Waals surface area contributed by atoms with Gasteiger partial charge in [0.2, 0.25) is 11.8 Å². The van der Waals surface area contributed by atoms with Gasteiger partial charge in [-0.3, -0.25) is 19.2 Å². The molecule has 4 heterocycles. The Labute approximate surface area is 268 Å². The zero-order valence-electron chi connectivity index (χ0n) is 24.6. The van der Waals surface area contributed by atoms with Crippen molar-refractivity contribution in [2.75, 3.05) is 38.3 Å². The SMILES string of the molecule is COc1ccc(N2C/C=C\CCC(=O)NC[C@H](c3ccccc3)OC(=O)[C@H]3[C@@H]4O[C@@]5(C=C4Br)[C@@H]3C(=O)N(CCO)[C@@H]5C2=O)cc1. The molecule has 2 N–H and O–H groups in total. The zero-order valence-corrected chi connectivity index (χ0v) is 26.2. The molecular weight excluding hydrogens is 646 g/mol. The van der Waals surface area contributed by atoms with Crippen LogP contribution in [0.2, 0.25) is 0 Å². The third-order valence-electron chi connectivity index (χ3n) is 8.83. The fourth-order valence-electron chi connectivity index (χ4n) is 6.77. The van der Waals surface area contributed by atoms with Gasteiger partial charge in [-0.05, 0) is 42.3 Å². The highest BCUT2D eigenvalue weighted by Gasteiger charge is 2.75. The molecule has 2 aromatic carbocycles. The van der Waals surface area contributed by atoms with E-state index < -0.39 is 53.5 Å². The number of ether oxygens (including phenoxy) is 3. The Morgan fingerprint density at radius 1 is 1.04 bits per heavy atom. The fraction of sp³-hybridized carbons (Fsp3) is 0.394. The summed E-state index contributed by atoms with van der Waals surface area (Å²) >= 11 is 3.54. The number of carbonyl (C=O) groups is 4. The van der Waals surface area contributed by atoms with Gasteiger partial charge in [-0.1, -0.05) is 58.4 Å². The van der Waals surface area contributed by atoms with Crippen molar-refractivity contribution >= 4 is 45.3 Å². The predicted octanol–water partition coefficient (Wildman–Crippen LogP) is 2.64. The molecule has 4 aliphatic heterocycles. The first-order chi connectivity index (χ1) is 21.8. The van der Waals surface area contributed by atoms with Crippen LogP contribution in [-0.4, -0.2) is 84.8 Å². The molecule has 0 radical (unpaired) electrons. The maximum atomic E-state index is 14.7. The van der Waals surface area contributed by atoms with Crippen molar-refractivity contribution in [1.82, 2.24) is 10.2 Å². The van der Waals surface area contributed by atoms with Gasteiger partial charge in [-0.2, -0.15) is 0 Å². The van der Waals surface area contributed by atoms with E-state index in [1.165, 1.54) is 9.80 Å². The van der Waals surface area contributed by atoms with Gasteiger partial charge in [0.15, 0.2) is 0 Å². The summed E-state index contributed by atoms with van der Waals surface area (Å²) < 4.78 is 18.4. The number of carbonyl (C=O) groups excluding carboxylic acids is 4. The van der Waals surface area contributed by atoms with E-state index in [0.717, 1.165) is 0 Å². The van der Waals surface area contributed by atoms with E-state index in [-0.39, 0.29) is 38.6 Å². The van der Waals surface area contributed by atoms with Crippen molar-refractivity contribution in [3.63, 3.8) is 0 Å². The van der Waals surface area contributed by atoms with Gasteiger partial charge >= 0.3 is 5.97 Å². The smallest absolute Gasteiger partial charge is 0.313 e. The van der Waals surface area contributed by atoms with Crippen LogP contribution in [0.5, 0.6) is 5.75 Å². The van der Waals surface area contributed by atoms with Crippen LogP contribution >= 0.6 is 15.9 Å². The Morgan fingerprint density at radius 2 is 1.80 bits per heavy atom. The second kappa shape index (κ2) is 12.8. The molecule has 6 rings (SSSR count). The summed E-state index contributed by atoms with van der Waals surface area (Å²) in [6.45, 7) is -0.332. The zero-order chi connectivity index (χ0) is 31.7. The Morgan fingerprint density at radius 3 is 2.51 bits per heavy atom. The average molecular weight is 681 g/mol. The summed E-state index contributed by atoms with van der Waals surface area (Å²) in [5.41, 5.74) is -0.246. The summed E-state index contributed by atoms with van der Waals surface area (Å²) in [4.78, 5) is 58.5. The van der Waals surface area contributed by atoms with Gasteiger partial charge in [0.1, 0.15) is 35.5 Å². The lowest BCUT2D eigenvalue weighted by molar-refractivity contribution is -0.159. The number of nitrogens with one attached hydrogen (secondary N) is 1. The van der Waals surface area contributed by atoms with Crippen LogP contribution in [0.25, 0.3) is 0 Å². The number of aliphatic hydroxyl groups excluding tert-OH is 1. The van der Waals surface area contributed by atoms with Crippen LogP contribution in [0.1, 0.15) is 24.5 Å². The summed E-state index contributed by atoms with van der Waals surface area (Å²) in [6.07, 6.45) is 4.29. The van der Waals surface area contributed by atoms with Crippen molar-refractivity contribution in [2.24, 2.45) is 11.8 Å². The molecule has 2 saturated heterocycles. The van der Waals surface area contributed by atoms with Gasteiger partial charge in [-0.15, -0.1) is 0 Å². The van der Waals surface area contributed by atoms with E-state index in [2.05, 4.69) is 21.2 Å². The Hall–Kier alpha value is -4.00. The van der Waals surface area contributed by atoms with E-state index in [1.54, 1.807) is 55.7 Å². The summed E-state index contributed by atoms with van der Waals surface area (Å²) in [5, 5.41) is 12.9. The molecule has 0 unspecified atom stereocenters. The molecule has 11 nitrogen and oxygen atoms in total. The number of cyclic esters (lactones) is 1. The molecule has 0 aliphatic carbocycles. The van der Waals surface area contributed by atoms with Gasteiger partial charge in [0, 0.05) is 29.7 Å². The molecule has 0 aromatic heterocycles. The predicted molar refractivity (Wildman–Crippen MR) is 166 cm³/mol.